The lowest BCUT2D eigenvalue weighted by molar-refractivity contribution is -0.307. The van der Waals surface area contributed by atoms with Crippen molar-refractivity contribution in [2.45, 2.75) is 16.7 Å². The van der Waals surface area contributed by atoms with E-state index in [1.807, 2.05) is 30.3 Å². The molecule has 0 bridgehead atoms. The van der Waals surface area contributed by atoms with E-state index < -0.39 is 22.0 Å². The van der Waals surface area contributed by atoms with E-state index in [1.165, 1.54) is 43.1 Å². The van der Waals surface area contributed by atoms with Crippen LogP contribution in [0.1, 0.15) is 5.56 Å². The molecule has 25 heavy (non-hydrogen) atoms. The predicted octanol–water partition coefficient (Wildman–Crippen LogP) is 1.03. The number of benzene rings is 2. The van der Waals surface area contributed by atoms with E-state index in [0.717, 1.165) is 5.56 Å². The van der Waals surface area contributed by atoms with E-state index in [1.54, 1.807) is 0 Å². The summed E-state index contributed by atoms with van der Waals surface area (Å²) >= 11 is 1.32. The highest BCUT2D eigenvalue weighted by molar-refractivity contribution is 7.98. The molecule has 0 heterocycles. The van der Waals surface area contributed by atoms with E-state index in [0.29, 0.717) is 11.5 Å². The molecular formula is C17H18NO5S2-. The third kappa shape index (κ3) is 5.77. The van der Waals surface area contributed by atoms with Gasteiger partial charge in [0.2, 0.25) is 10.0 Å². The van der Waals surface area contributed by atoms with Crippen molar-refractivity contribution in [3.05, 3.63) is 60.2 Å². The van der Waals surface area contributed by atoms with Gasteiger partial charge in [0.25, 0.3) is 0 Å². The molecule has 0 spiro atoms. The summed E-state index contributed by atoms with van der Waals surface area (Å²) in [7, 11) is -2.49. The highest BCUT2D eigenvalue weighted by Crippen LogP contribution is 2.17. The summed E-state index contributed by atoms with van der Waals surface area (Å²) in [5.74, 6) is -0.312. The van der Waals surface area contributed by atoms with Gasteiger partial charge in [0.05, 0.1) is 24.0 Å². The van der Waals surface area contributed by atoms with Crippen molar-refractivity contribution in [3.63, 3.8) is 0 Å². The Bertz CT molecular complexity index is 792. The Labute approximate surface area is 151 Å². The molecule has 2 aromatic carbocycles. The SMILES string of the molecule is COc1ccc(S(=O)(=O)N[C@H](CSCc2ccccc2)C(=O)[O-])cc1. The average Bonchev–Trinajstić information content (AvgIpc) is 2.61. The predicted molar refractivity (Wildman–Crippen MR) is 94.7 cm³/mol. The number of nitrogens with one attached hydrogen (secondary N) is 1. The maximum absolute atomic E-state index is 12.3. The van der Waals surface area contributed by atoms with Crippen molar-refractivity contribution < 1.29 is 23.1 Å². The minimum Gasteiger partial charge on any atom is -0.548 e. The fourth-order valence-electron chi connectivity index (χ4n) is 2.03. The molecule has 0 saturated heterocycles. The average molecular weight is 380 g/mol. The summed E-state index contributed by atoms with van der Waals surface area (Å²) in [6.07, 6.45) is 0. The molecule has 0 radical (unpaired) electrons. The van der Waals surface area contributed by atoms with Crippen molar-refractivity contribution in [1.29, 1.82) is 0 Å². The smallest absolute Gasteiger partial charge is 0.241 e. The number of carboxylic acid groups (broad SMARTS) is 1. The molecule has 0 aliphatic heterocycles. The van der Waals surface area contributed by atoms with Gasteiger partial charge in [0, 0.05) is 11.5 Å². The number of aliphatic carboxylic acids is 1. The van der Waals surface area contributed by atoms with Gasteiger partial charge in [-0.05, 0) is 29.8 Å². The number of ether oxygens (including phenoxy) is 1. The molecule has 0 unspecified atom stereocenters. The van der Waals surface area contributed by atoms with Crippen molar-refractivity contribution in [1.82, 2.24) is 4.72 Å². The van der Waals surface area contributed by atoms with Gasteiger partial charge in [0.1, 0.15) is 5.75 Å². The molecule has 0 aliphatic rings. The fourth-order valence-corrected chi connectivity index (χ4v) is 4.32. The van der Waals surface area contributed by atoms with Crippen molar-refractivity contribution >= 4 is 27.8 Å². The molecule has 6 nitrogen and oxygen atoms in total. The molecule has 2 aromatic rings. The minimum atomic E-state index is -3.96. The van der Waals surface area contributed by atoms with Crippen LogP contribution < -0.4 is 14.6 Å². The van der Waals surface area contributed by atoms with Gasteiger partial charge in [-0.1, -0.05) is 30.3 Å². The van der Waals surface area contributed by atoms with Crippen LogP contribution >= 0.6 is 11.8 Å². The Morgan fingerprint density at radius 2 is 1.80 bits per heavy atom. The lowest BCUT2D eigenvalue weighted by Crippen LogP contribution is -2.49. The molecule has 0 saturated carbocycles. The van der Waals surface area contributed by atoms with E-state index in [-0.39, 0.29) is 10.6 Å². The number of rotatable bonds is 9. The zero-order valence-electron chi connectivity index (χ0n) is 13.5. The first kappa shape index (κ1) is 19.3. The minimum absolute atomic E-state index is 0.0346. The number of methoxy groups -OCH3 is 1. The second-order valence-corrected chi connectivity index (χ2v) is 7.91. The molecule has 8 heteroatoms. The summed E-state index contributed by atoms with van der Waals surface area (Å²) < 4.78 is 31.8. The quantitative estimate of drug-likeness (QED) is 0.698. The Morgan fingerprint density at radius 1 is 1.16 bits per heavy atom. The number of carbonyl (C=O) groups excluding carboxylic acids is 1. The van der Waals surface area contributed by atoms with E-state index in [4.69, 9.17) is 4.74 Å². The van der Waals surface area contributed by atoms with Gasteiger partial charge in [0.15, 0.2) is 0 Å². The zero-order chi connectivity index (χ0) is 18.3. The summed E-state index contributed by atoms with van der Waals surface area (Å²) in [6.45, 7) is 0. The van der Waals surface area contributed by atoms with Crippen LogP contribution in [0.2, 0.25) is 0 Å². The third-order valence-corrected chi connectivity index (χ3v) is 5.94. The number of sulfonamides is 1. The van der Waals surface area contributed by atoms with Crippen LogP contribution in [0, 0.1) is 0 Å². The Hall–Kier alpha value is -2.03. The molecule has 134 valence electrons. The van der Waals surface area contributed by atoms with Gasteiger partial charge >= 0.3 is 0 Å². The van der Waals surface area contributed by atoms with Crippen LogP contribution in [0.25, 0.3) is 0 Å². The lowest BCUT2D eigenvalue weighted by atomic mass is 10.2. The molecule has 0 fully saturated rings. The summed E-state index contributed by atoms with van der Waals surface area (Å²) in [5.41, 5.74) is 1.03. The Morgan fingerprint density at radius 3 is 2.36 bits per heavy atom. The monoisotopic (exact) mass is 380 g/mol. The van der Waals surface area contributed by atoms with Crippen LogP contribution in [-0.4, -0.2) is 33.3 Å². The van der Waals surface area contributed by atoms with Crippen molar-refractivity contribution in [2.75, 3.05) is 12.9 Å². The third-order valence-electron chi connectivity index (χ3n) is 3.35. The fraction of sp³-hybridized carbons (Fsp3) is 0.235. The first-order chi connectivity index (χ1) is 11.9. The first-order valence-electron chi connectivity index (χ1n) is 7.41. The van der Waals surface area contributed by atoms with Crippen LogP contribution in [0.3, 0.4) is 0 Å². The van der Waals surface area contributed by atoms with E-state index in [2.05, 4.69) is 4.72 Å². The first-order valence-corrected chi connectivity index (χ1v) is 10.0. The van der Waals surface area contributed by atoms with Gasteiger partial charge < -0.3 is 14.6 Å². The van der Waals surface area contributed by atoms with Crippen LogP contribution in [0.5, 0.6) is 5.75 Å². The normalized spacial score (nSPS) is 12.5. The summed E-state index contributed by atoms with van der Waals surface area (Å²) in [5, 5.41) is 11.3. The van der Waals surface area contributed by atoms with Crippen LogP contribution in [0.15, 0.2) is 59.5 Å². The maximum atomic E-state index is 12.3. The molecule has 0 aliphatic carbocycles. The largest absolute Gasteiger partial charge is 0.548 e. The Kier molecular flexibility index (Phi) is 6.86. The molecule has 1 N–H and O–H groups in total. The number of carbonyl (C=O) groups is 1. The summed E-state index contributed by atoms with van der Waals surface area (Å²) in [6, 6.07) is 13.9. The van der Waals surface area contributed by atoms with Gasteiger partial charge in [-0.3, -0.25) is 0 Å². The molecule has 0 amide bonds. The maximum Gasteiger partial charge on any atom is 0.241 e. The standard InChI is InChI=1S/C17H19NO5S2/c1-23-14-7-9-15(10-8-14)25(21,22)18-16(17(19)20)12-24-11-13-5-3-2-4-6-13/h2-10,16,18H,11-12H2,1H3,(H,19,20)/p-1/t16-/m1/s1. The van der Waals surface area contributed by atoms with Gasteiger partial charge in [-0.2, -0.15) is 11.8 Å². The topological polar surface area (TPSA) is 95.5 Å². The number of hydrogen-bond acceptors (Lipinski definition) is 6. The van der Waals surface area contributed by atoms with Gasteiger partial charge in [-0.15, -0.1) is 0 Å². The van der Waals surface area contributed by atoms with Crippen LogP contribution in [0.4, 0.5) is 0 Å². The second-order valence-electron chi connectivity index (χ2n) is 5.17. The Balaban J connectivity index is 2.00. The molecule has 2 rings (SSSR count). The number of thioether (sulfide) groups is 1. The van der Waals surface area contributed by atoms with Crippen molar-refractivity contribution in [2.24, 2.45) is 0 Å². The number of hydrogen-bond donors (Lipinski definition) is 1. The molecule has 0 aromatic heterocycles. The van der Waals surface area contributed by atoms with E-state index in [9.17, 15) is 18.3 Å². The molecular weight excluding hydrogens is 362 g/mol. The lowest BCUT2D eigenvalue weighted by Gasteiger charge is -2.19. The summed E-state index contributed by atoms with van der Waals surface area (Å²) in [4.78, 5) is 11.2. The second kappa shape index (κ2) is 8.89. The van der Waals surface area contributed by atoms with E-state index >= 15 is 0 Å². The highest BCUT2D eigenvalue weighted by Gasteiger charge is 2.21. The van der Waals surface area contributed by atoms with Gasteiger partial charge in [-0.25, -0.2) is 13.1 Å². The van der Waals surface area contributed by atoms with Crippen molar-refractivity contribution in [3.8, 4) is 5.75 Å². The van der Waals surface area contributed by atoms with Crippen LogP contribution in [-0.2, 0) is 20.6 Å². The molecule has 1 atom stereocenters. The zero-order valence-corrected chi connectivity index (χ0v) is 15.2. The number of carboxylic acids is 1. The highest BCUT2D eigenvalue weighted by atomic mass is 32.2.